The van der Waals surface area contributed by atoms with Gasteiger partial charge in [0.05, 0.1) is 6.10 Å². The van der Waals surface area contributed by atoms with E-state index in [2.05, 4.69) is 39.9 Å². The molecule has 92 valence electrons. The zero-order valence-corrected chi connectivity index (χ0v) is 11.4. The molecule has 0 saturated carbocycles. The standard InChI is InChI=1S/C13H29NO/c1-7-8-14-10-13(5,11(2)3)9-12(4)15-6/h11-12,14H,7-10H2,1-6H3. The highest BCUT2D eigenvalue weighted by molar-refractivity contribution is 4.82. The van der Waals surface area contributed by atoms with Gasteiger partial charge >= 0.3 is 0 Å². The van der Waals surface area contributed by atoms with Crippen molar-refractivity contribution in [3.05, 3.63) is 0 Å². The summed E-state index contributed by atoms with van der Waals surface area (Å²) in [5.41, 5.74) is 0.338. The van der Waals surface area contributed by atoms with Crippen LogP contribution < -0.4 is 5.32 Å². The first-order chi connectivity index (χ1) is 6.96. The maximum absolute atomic E-state index is 5.37. The van der Waals surface area contributed by atoms with Crippen LogP contribution in [0.2, 0.25) is 0 Å². The fraction of sp³-hybridized carbons (Fsp3) is 1.00. The van der Waals surface area contributed by atoms with E-state index >= 15 is 0 Å². The summed E-state index contributed by atoms with van der Waals surface area (Å²) in [5.74, 6) is 0.680. The molecule has 0 bridgehead atoms. The van der Waals surface area contributed by atoms with E-state index in [9.17, 15) is 0 Å². The summed E-state index contributed by atoms with van der Waals surface area (Å²) in [6.45, 7) is 13.5. The van der Waals surface area contributed by atoms with Gasteiger partial charge in [-0.15, -0.1) is 0 Å². The van der Waals surface area contributed by atoms with Gasteiger partial charge < -0.3 is 10.1 Å². The summed E-state index contributed by atoms with van der Waals surface area (Å²) in [6, 6.07) is 0. The van der Waals surface area contributed by atoms with Gasteiger partial charge in [0.15, 0.2) is 0 Å². The largest absolute Gasteiger partial charge is 0.382 e. The van der Waals surface area contributed by atoms with E-state index in [1.165, 1.54) is 6.42 Å². The molecule has 0 aliphatic heterocycles. The Balaban J connectivity index is 4.19. The second kappa shape index (κ2) is 7.24. The maximum Gasteiger partial charge on any atom is 0.0549 e. The van der Waals surface area contributed by atoms with Crippen LogP contribution in [-0.2, 0) is 4.74 Å². The molecule has 2 atom stereocenters. The third-order valence-corrected chi connectivity index (χ3v) is 3.51. The van der Waals surface area contributed by atoms with Crippen LogP contribution in [0.25, 0.3) is 0 Å². The van der Waals surface area contributed by atoms with E-state index < -0.39 is 0 Å². The van der Waals surface area contributed by atoms with E-state index in [-0.39, 0.29) is 0 Å². The summed E-state index contributed by atoms with van der Waals surface area (Å²) in [7, 11) is 1.80. The average Bonchev–Trinajstić information content (AvgIpc) is 2.17. The van der Waals surface area contributed by atoms with Crippen molar-refractivity contribution in [1.82, 2.24) is 5.32 Å². The van der Waals surface area contributed by atoms with Gasteiger partial charge in [-0.1, -0.05) is 27.7 Å². The molecule has 2 nitrogen and oxygen atoms in total. The number of nitrogens with one attached hydrogen (secondary N) is 1. The number of ether oxygens (including phenoxy) is 1. The van der Waals surface area contributed by atoms with Crippen LogP contribution >= 0.6 is 0 Å². The summed E-state index contributed by atoms with van der Waals surface area (Å²) in [5, 5.41) is 3.53. The van der Waals surface area contributed by atoms with Crippen LogP contribution in [-0.4, -0.2) is 26.3 Å². The van der Waals surface area contributed by atoms with Gasteiger partial charge in [-0.05, 0) is 37.6 Å². The molecule has 0 aliphatic carbocycles. The Bertz CT molecular complexity index is 159. The Morgan fingerprint density at radius 2 is 1.87 bits per heavy atom. The summed E-state index contributed by atoms with van der Waals surface area (Å²) in [4.78, 5) is 0. The molecular formula is C13H29NO. The highest BCUT2D eigenvalue weighted by Gasteiger charge is 2.29. The molecule has 0 aromatic carbocycles. The third kappa shape index (κ3) is 5.53. The number of rotatable bonds is 8. The van der Waals surface area contributed by atoms with Crippen molar-refractivity contribution >= 4 is 0 Å². The predicted molar refractivity (Wildman–Crippen MR) is 67.2 cm³/mol. The van der Waals surface area contributed by atoms with Gasteiger partial charge in [0, 0.05) is 13.7 Å². The van der Waals surface area contributed by atoms with Crippen LogP contribution in [0, 0.1) is 11.3 Å². The van der Waals surface area contributed by atoms with Crippen molar-refractivity contribution in [2.75, 3.05) is 20.2 Å². The zero-order chi connectivity index (χ0) is 11.9. The molecule has 0 aliphatic rings. The predicted octanol–water partition coefficient (Wildman–Crippen LogP) is 3.07. The second-order valence-corrected chi connectivity index (χ2v) is 5.24. The highest BCUT2D eigenvalue weighted by atomic mass is 16.5. The topological polar surface area (TPSA) is 21.3 Å². The normalized spacial score (nSPS) is 17.8. The molecule has 0 heterocycles. The molecule has 0 aromatic heterocycles. The van der Waals surface area contributed by atoms with Gasteiger partial charge in [-0.2, -0.15) is 0 Å². The minimum Gasteiger partial charge on any atom is -0.382 e. The first kappa shape index (κ1) is 14.9. The maximum atomic E-state index is 5.37. The quantitative estimate of drug-likeness (QED) is 0.628. The lowest BCUT2D eigenvalue weighted by Gasteiger charge is -2.36. The summed E-state index contributed by atoms with van der Waals surface area (Å²) < 4.78 is 5.37. The van der Waals surface area contributed by atoms with Crippen LogP contribution in [0.15, 0.2) is 0 Å². The SMILES string of the molecule is CCCNCC(C)(CC(C)OC)C(C)C. The van der Waals surface area contributed by atoms with E-state index in [4.69, 9.17) is 4.74 Å². The molecule has 0 saturated heterocycles. The number of methoxy groups -OCH3 is 1. The minimum absolute atomic E-state index is 0.338. The average molecular weight is 215 g/mol. The lowest BCUT2D eigenvalue weighted by atomic mass is 9.75. The van der Waals surface area contributed by atoms with E-state index in [1.807, 2.05) is 0 Å². The monoisotopic (exact) mass is 215 g/mol. The van der Waals surface area contributed by atoms with Gasteiger partial charge in [0.1, 0.15) is 0 Å². The lowest BCUT2D eigenvalue weighted by Crippen LogP contribution is -2.39. The second-order valence-electron chi connectivity index (χ2n) is 5.24. The van der Waals surface area contributed by atoms with Crippen LogP contribution in [0.5, 0.6) is 0 Å². The number of hydrogen-bond acceptors (Lipinski definition) is 2. The Hall–Kier alpha value is -0.0800. The molecule has 0 aromatic rings. The Morgan fingerprint density at radius 3 is 2.27 bits per heavy atom. The van der Waals surface area contributed by atoms with Crippen LogP contribution in [0.4, 0.5) is 0 Å². The first-order valence-electron chi connectivity index (χ1n) is 6.19. The first-order valence-corrected chi connectivity index (χ1v) is 6.19. The minimum atomic E-state index is 0.338. The van der Waals surface area contributed by atoms with Gasteiger partial charge in [0.25, 0.3) is 0 Å². The van der Waals surface area contributed by atoms with Crippen molar-refractivity contribution in [3.63, 3.8) is 0 Å². The summed E-state index contributed by atoms with van der Waals surface area (Å²) >= 11 is 0. The highest BCUT2D eigenvalue weighted by Crippen LogP contribution is 2.32. The van der Waals surface area contributed by atoms with Crippen molar-refractivity contribution in [1.29, 1.82) is 0 Å². The fourth-order valence-corrected chi connectivity index (χ4v) is 1.80. The van der Waals surface area contributed by atoms with Gasteiger partial charge in [-0.3, -0.25) is 0 Å². The van der Waals surface area contributed by atoms with E-state index in [0.717, 1.165) is 19.5 Å². The smallest absolute Gasteiger partial charge is 0.0549 e. The van der Waals surface area contributed by atoms with Crippen molar-refractivity contribution in [2.24, 2.45) is 11.3 Å². The van der Waals surface area contributed by atoms with Crippen molar-refractivity contribution < 1.29 is 4.74 Å². The molecular weight excluding hydrogens is 186 g/mol. The van der Waals surface area contributed by atoms with Crippen molar-refractivity contribution in [3.8, 4) is 0 Å². The molecule has 0 amide bonds. The third-order valence-electron chi connectivity index (χ3n) is 3.51. The number of hydrogen-bond donors (Lipinski definition) is 1. The zero-order valence-electron chi connectivity index (χ0n) is 11.4. The molecule has 0 spiro atoms. The van der Waals surface area contributed by atoms with Gasteiger partial charge in [-0.25, -0.2) is 0 Å². The Labute approximate surface area is 95.8 Å². The van der Waals surface area contributed by atoms with E-state index in [0.29, 0.717) is 17.4 Å². The molecule has 0 rings (SSSR count). The van der Waals surface area contributed by atoms with E-state index in [1.54, 1.807) is 7.11 Å². The molecule has 2 heteroatoms. The molecule has 0 fully saturated rings. The van der Waals surface area contributed by atoms with Gasteiger partial charge in [0.2, 0.25) is 0 Å². The lowest BCUT2D eigenvalue weighted by molar-refractivity contribution is 0.0505. The fourth-order valence-electron chi connectivity index (χ4n) is 1.80. The summed E-state index contributed by atoms with van der Waals surface area (Å²) in [6.07, 6.45) is 2.67. The molecule has 2 unspecified atom stereocenters. The van der Waals surface area contributed by atoms with Crippen LogP contribution in [0.1, 0.15) is 47.5 Å². The van der Waals surface area contributed by atoms with Crippen LogP contribution in [0.3, 0.4) is 0 Å². The Kier molecular flexibility index (Phi) is 7.20. The Morgan fingerprint density at radius 1 is 1.27 bits per heavy atom. The van der Waals surface area contributed by atoms with Crippen molar-refractivity contribution in [2.45, 2.75) is 53.6 Å². The molecule has 1 N–H and O–H groups in total. The molecule has 0 radical (unpaired) electrons. The molecule has 15 heavy (non-hydrogen) atoms.